The van der Waals surface area contributed by atoms with E-state index in [1.807, 2.05) is 11.8 Å². The Labute approximate surface area is 91.1 Å². The van der Waals surface area contributed by atoms with Gasteiger partial charge < -0.3 is 5.73 Å². The monoisotopic (exact) mass is 209 g/mol. The summed E-state index contributed by atoms with van der Waals surface area (Å²) >= 11 is 1.88. The third-order valence-electron chi connectivity index (χ3n) is 2.44. The molecule has 0 saturated carbocycles. The Morgan fingerprint density at radius 1 is 1.36 bits per heavy atom. The van der Waals surface area contributed by atoms with Crippen LogP contribution >= 0.6 is 11.8 Å². The lowest BCUT2D eigenvalue weighted by Crippen LogP contribution is -2.27. The number of hydrogen-bond acceptors (Lipinski definition) is 2. The minimum Gasteiger partial charge on any atom is -0.330 e. The van der Waals surface area contributed by atoms with Gasteiger partial charge in [0.2, 0.25) is 0 Å². The van der Waals surface area contributed by atoms with Crippen molar-refractivity contribution in [2.24, 2.45) is 5.73 Å². The number of nitrogens with two attached hydrogens (primary N) is 1. The van der Waals surface area contributed by atoms with Crippen molar-refractivity contribution in [3.05, 3.63) is 29.8 Å². The molecule has 1 nitrogen and oxygen atoms in total. The summed E-state index contributed by atoms with van der Waals surface area (Å²) in [4.78, 5) is 1.34. The maximum absolute atomic E-state index is 5.76. The largest absolute Gasteiger partial charge is 0.330 e. The number of thioether (sulfide) groups is 1. The summed E-state index contributed by atoms with van der Waals surface area (Å²) in [6.07, 6.45) is 0. The van der Waals surface area contributed by atoms with Crippen LogP contribution in [0.15, 0.2) is 29.2 Å². The molecule has 0 bridgehead atoms. The van der Waals surface area contributed by atoms with Gasteiger partial charge >= 0.3 is 0 Å². The van der Waals surface area contributed by atoms with E-state index in [0.29, 0.717) is 6.54 Å². The molecule has 0 heterocycles. The van der Waals surface area contributed by atoms with Gasteiger partial charge in [-0.1, -0.05) is 32.9 Å². The lowest BCUT2D eigenvalue weighted by atomic mass is 9.85. The SMILES string of the molecule is CCSc1cccc(C(C)(C)CN)c1. The fraction of sp³-hybridized carbons (Fsp3) is 0.500. The first-order valence-corrected chi connectivity index (χ1v) is 6.02. The minimum atomic E-state index is 0.0876. The van der Waals surface area contributed by atoms with Crippen LogP contribution in [0.25, 0.3) is 0 Å². The zero-order valence-corrected chi connectivity index (χ0v) is 10.0. The van der Waals surface area contributed by atoms with E-state index in [-0.39, 0.29) is 5.41 Å². The van der Waals surface area contributed by atoms with Gasteiger partial charge in [-0.2, -0.15) is 0 Å². The van der Waals surface area contributed by atoms with Crippen molar-refractivity contribution in [2.45, 2.75) is 31.1 Å². The van der Waals surface area contributed by atoms with Crippen LogP contribution in [0.2, 0.25) is 0 Å². The Kier molecular flexibility index (Phi) is 4.02. The van der Waals surface area contributed by atoms with Gasteiger partial charge in [0, 0.05) is 16.9 Å². The first-order valence-electron chi connectivity index (χ1n) is 5.03. The highest BCUT2D eigenvalue weighted by Gasteiger charge is 2.18. The molecule has 0 aliphatic carbocycles. The molecule has 1 aromatic carbocycles. The quantitative estimate of drug-likeness (QED) is 0.771. The van der Waals surface area contributed by atoms with Crippen LogP contribution in [-0.4, -0.2) is 12.3 Å². The highest BCUT2D eigenvalue weighted by Crippen LogP contribution is 2.26. The highest BCUT2D eigenvalue weighted by atomic mass is 32.2. The van der Waals surface area contributed by atoms with Crippen LogP contribution in [0.5, 0.6) is 0 Å². The molecule has 1 aromatic rings. The summed E-state index contributed by atoms with van der Waals surface area (Å²) in [6.45, 7) is 7.23. The van der Waals surface area contributed by atoms with E-state index in [1.165, 1.54) is 10.5 Å². The first-order chi connectivity index (χ1) is 6.60. The average Bonchev–Trinajstić information content (AvgIpc) is 2.19. The zero-order chi connectivity index (χ0) is 10.6. The van der Waals surface area contributed by atoms with Crippen molar-refractivity contribution in [2.75, 3.05) is 12.3 Å². The summed E-state index contributed by atoms with van der Waals surface area (Å²) < 4.78 is 0. The standard InChI is InChI=1S/C12H19NS/c1-4-14-11-7-5-6-10(8-11)12(2,3)9-13/h5-8H,4,9,13H2,1-3H3. The van der Waals surface area contributed by atoms with Crippen molar-refractivity contribution < 1.29 is 0 Å². The van der Waals surface area contributed by atoms with E-state index in [2.05, 4.69) is 45.0 Å². The number of rotatable bonds is 4. The molecule has 0 radical (unpaired) electrons. The van der Waals surface area contributed by atoms with E-state index in [9.17, 15) is 0 Å². The van der Waals surface area contributed by atoms with Crippen LogP contribution in [0.1, 0.15) is 26.3 Å². The molecule has 1 rings (SSSR count). The van der Waals surface area contributed by atoms with E-state index >= 15 is 0 Å². The van der Waals surface area contributed by atoms with Crippen molar-refractivity contribution in [1.82, 2.24) is 0 Å². The average molecular weight is 209 g/mol. The Balaban J connectivity index is 2.93. The summed E-state index contributed by atoms with van der Waals surface area (Å²) in [6, 6.07) is 8.68. The molecule has 78 valence electrons. The predicted molar refractivity (Wildman–Crippen MR) is 64.9 cm³/mol. The van der Waals surface area contributed by atoms with Gasteiger partial charge in [-0.05, 0) is 23.4 Å². The van der Waals surface area contributed by atoms with Gasteiger partial charge in [0.15, 0.2) is 0 Å². The molecular weight excluding hydrogens is 190 g/mol. The number of benzene rings is 1. The van der Waals surface area contributed by atoms with Crippen molar-refractivity contribution >= 4 is 11.8 Å². The second kappa shape index (κ2) is 4.85. The smallest absolute Gasteiger partial charge is 0.00747 e. The molecule has 0 atom stereocenters. The molecule has 0 fully saturated rings. The van der Waals surface area contributed by atoms with E-state index in [4.69, 9.17) is 5.73 Å². The predicted octanol–water partition coefficient (Wildman–Crippen LogP) is 3.03. The van der Waals surface area contributed by atoms with E-state index in [0.717, 1.165) is 5.75 Å². The fourth-order valence-corrected chi connectivity index (χ4v) is 2.01. The van der Waals surface area contributed by atoms with Gasteiger partial charge in [0.1, 0.15) is 0 Å². The lowest BCUT2D eigenvalue weighted by Gasteiger charge is -2.23. The van der Waals surface area contributed by atoms with Gasteiger partial charge in [-0.15, -0.1) is 11.8 Å². The first kappa shape index (κ1) is 11.6. The minimum absolute atomic E-state index is 0.0876. The van der Waals surface area contributed by atoms with Crippen LogP contribution in [0, 0.1) is 0 Å². The van der Waals surface area contributed by atoms with Crippen LogP contribution in [0.4, 0.5) is 0 Å². The molecule has 2 N–H and O–H groups in total. The topological polar surface area (TPSA) is 26.0 Å². The Morgan fingerprint density at radius 3 is 2.64 bits per heavy atom. The van der Waals surface area contributed by atoms with Crippen molar-refractivity contribution in [3.8, 4) is 0 Å². The van der Waals surface area contributed by atoms with Gasteiger partial charge in [0.05, 0.1) is 0 Å². The van der Waals surface area contributed by atoms with E-state index < -0.39 is 0 Å². The maximum atomic E-state index is 5.76. The molecule has 0 aliphatic rings. The van der Waals surface area contributed by atoms with Gasteiger partial charge in [-0.25, -0.2) is 0 Å². The van der Waals surface area contributed by atoms with Gasteiger partial charge in [0.25, 0.3) is 0 Å². The second-order valence-corrected chi connectivity index (χ2v) is 5.39. The lowest BCUT2D eigenvalue weighted by molar-refractivity contribution is 0.538. The normalized spacial score (nSPS) is 11.7. The maximum Gasteiger partial charge on any atom is 0.00747 e. The van der Waals surface area contributed by atoms with Crippen molar-refractivity contribution in [1.29, 1.82) is 0 Å². The second-order valence-electron chi connectivity index (χ2n) is 4.05. The Hall–Kier alpha value is -0.470. The third-order valence-corrected chi connectivity index (χ3v) is 3.31. The molecule has 14 heavy (non-hydrogen) atoms. The molecule has 0 aliphatic heterocycles. The molecular formula is C12H19NS. The van der Waals surface area contributed by atoms with Crippen LogP contribution in [0.3, 0.4) is 0 Å². The molecule has 2 heteroatoms. The Bertz CT molecular complexity index is 294. The summed E-state index contributed by atoms with van der Waals surface area (Å²) in [7, 11) is 0. The molecule has 0 spiro atoms. The van der Waals surface area contributed by atoms with Crippen molar-refractivity contribution in [3.63, 3.8) is 0 Å². The summed E-state index contributed by atoms with van der Waals surface area (Å²) in [5.74, 6) is 1.12. The molecule has 0 unspecified atom stereocenters. The highest BCUT2D eigenvalue weighted by molar-refractivity contribution is 7.99. The molecule has 0 amide bonds. The van der Waals surface area contributed by atoms with Crippen LogP contribution in [-0.2, 0) is 5.41 Å². The summed E-state index contributed by atoms with van der Waals surface area (Å²) in [5, 5.41) is 0. The van der Waals surface area contributed by atoms with E-state index in [1.54, 1.807) is 0 Å². The zero-order valence-electron chi connectivity index (χ0n) is 9.21. The molecule has 0 aromatic heterocycles. The third kappa shape index (κ3) is 2.76. The Morgan fingerprint density at radius 2 is 2.07 bits per heavy atom. The fourth-order valence-electron chi connectivity index (χ4n) is 1.29. The van der Waals surface area contributed by atoms with Crippen LogP contribution < -0.4 is 5.73 Å². The van der Waals surface area contributed by atoms with Gasteiger partial charge in [-0.3, -0.25) is 0 Å². The summed E-state index contributed by atoms with van der Waals surface area (Å²) in [5.41, 5.74) is 7.18. The molecule has 0 saturated heterocycles. The number of hydrogen-bond donors (Lipinski definition) is 1.